The van der Waals surface area contributed by atoms with E-state index in [1.165, 1.54) is 5.71 Å². The van der Waals surface area contributed by atoms with Crippen molar-refractivity contribution in [2.24, 2.45) is 10.9 Å². The molecule has 0 radical (unpaired) electrons. The summed E-state index contributed by atoms with van der Waals surface area (Å²) in [4.78, 5) is 4.51. The van der Waals surface area contributed by atoms with Crippen molar-refractivity contribution in [3.63, 3.8) is 0 Å². The van der Waals surface area contributed by atoms with E-state index in [1.54, 1.807) is 0 Å². The van der Waals surface area contributed by atoms with Gasteiger partial charge in [0.1, 0.15) is 0 Å². The highest BCUT2D eigenvalue weighted by Crippen LogP contribution is 2.03. The molecule has 0 unspecified atom stereocenters. The second kappa shape index (κ2) is 4.48. The average molecular weight is 141 g/mol. The summed E-state index contributed by atoms with van der Waals surface area (Å²) in [6.07, 6.45) is 1.09. The van der Waals surface area contributed by atoms with Crippen molar-refractivity contribution < 1.29 is 0 Å². The van der Waals surface area contributed by atoms with Crippen molar-refractivity contribution >= 4 is 5.71 Å². The van der Waals surface area contributed by atoms with Crippen LogP contribution in [0, 0.1) is 5.92 Å². The zero-order valence-corrected chi connectivity index (χ0v) is 7.81. The molecule has 0 bridgehead atoms. The van der Waals surface area contributed by atoms with Crippen LogP contribution in [0.3, 0.4) is 0 Å². The van der Waals surface area contributed by atoms with Crippen LogP contribution in [0.25, 0.3) is 0 Å². The maximum absolute atomic E-state index is 4.51. The van der Waals surface area contributed by atoms with Gasteiger partial charge in [-0.25, -0.2) is 0 Å². The average Bonchev–Trinajstić information content (AvgIpc) is 1.81. The van der Waals surface area contributed by atoms with Crippen LogP contribution in [0.1, 0.15) is 41.0 Å². The van der Waals surface area contributed by atoms with Gasteiger partial charge < -0.3 is 0 Å². The lowest BCUT2D eigenvalue weighted by atomic mass is 10.1. The van der Waals surface area contributed by atoms with Crippen LogP contribution < -0.4 is 0 Å². The molecule has 0 rings (SSSR count). The van der Waals surface area contributed by atoms with Crippen molar-refractivity contribution in [1.82, 2.24) is 0 Å². The summed E-state index contributed by atoms with van der Waals surface area (Å²) in [7, 11) is 0. The maximum atomic E-state index is 4.51. The van der Waals surface area contributed by atoms with E-state index < -0.39 is 0 Å². The van der Waals surface area contributed by atoms with Crippen LogP contribution in [0.5, 0.6) is 0 Å². The predicted molar refractivity (Wildman–Crippen MR) is 47.7 cm³/mol. The fraction of sp³-hybridized carbons (Fsp3) is 0.889. The van der Waals surface area contributed by atoms with E-state index in [0.717, 1.165) is 6.42 Å². The number of hydrogen-bond donors (Lipinski definition) is 0. The minimum Gasteiger partial charge on any atom is -0.291 e. The molecule has 0 aliphatic rings. The molecule has 0 heterocycles. The molecule has 0 aromatic heterocycles. The molecule has 0 aliphatic carbocycles. The Morgan fingerprint density at radius 2 is 1.70 bits per heavy atom. The normalized spacial score (nSPS) is 13.3. The predicted octanol–water partition coefficient (Wildman–Crippen LogP) is 2.90. The number of hydrogen-bond acceptors (Lipinski definition) is 1. The highest BCUT2D eigenvalue weighted by atomic mass is 14.8. The van der Waals surface area contributed by atoms with Crippen molar-refractivity contribution in [3.8, 4) is 0 Å². The first-order valence-electron chi connectivity index (χ1n) is 4.14. The van der Waals surface area contributed by atoms with Gasteiger partial charge in [0, 0.05) is 11.8 Å². The SMILES string of the molecule is CCC(=NC(C)C)C(C)C. The van der Waals surface area contributed by atoms with Gasteiger partial charge in [0.05, 0.1) is 0 Å². The topological polar surface area (TPSA) is 12.4 Å². The maximum Gasteiger partial charge on any atom is 0.0442 e. The third kappa shape index (κ3) is 3.65. The fourth-order valence-corrected chi connectivity index (χ4v) is 0.980. The molecule has 0 aliphatic heterocycles. The minimum atomic E-state index is 0.456. The summed E-state index contributed by atoms with van der Waals surface area (Å²) in [6.45, 7) is 10.8. The number of nitrogens with zero attached hydrogens (tertiary/aromatic N) is 1. The molecule has 60 valence electrons. The lowest BCUT2D eigenvalue weighted by molar-refractivity contribution is 0.782. The molecular weight excluding hydrogens is 122 g/mol. The van der Waals surface area contributed by atoms with Crippen molar-refractivity contribution in [1.29, 1.82) is 0 Å². The Hall–Kier alpha value is -0.330. The van der Waals surface area contributed by atoms with Gasteiger partial charge in [-0.15, -0.1) is 0 Å². The summed E-state index contributed by atoms with van der Waals surface area (Å²) >= 11 is 0. The Morgan fingerprint density at radius 1 is 1.20 bits per heavy atom. The Balaban J connectivity index is 4.04. The second-order valence-corrected chi connectivity index (χ2v) is 3.22. The Bertz CT molecular complexity index is 112. The molecule has 0 fully saturated rings. The molecular formula is C9H19N. The van der Waals surface area contributed by atoms with Gasteiger partial charge in [-0.1, -0.05) is 20.8 Å². The smallest absolute Gasteiger partial charge is 0.0442 e. The van der Waals surface area contributed by atoms with Crippen molar-refractivity contribution in [2.45, 2.75) is 47.1 Å². The molecule has 10 heavy (non-hydrogen) atoms. The van der Waals surface area contributed by atoms with Crippen molar-refractivity contribution in [2.75, 3.05) is 0 Å². The van der Waals surface area contributed by atoms with Crippen LogP contribution in [-0.4, -0.2) is 11.8 Å². The lowest BCUT2D eigenvalue weighted by Crippen LogP contribution is -2.08. The highest BCUT2D eigenvalue weighted by molar-refractivity contribution is 5.86. The third-order valence-electron chi connectivity index (χ3n) is 1.45. The van der Waals surface area contributed by atoms with Crippen LogP contribution >= 0.6 is 0 Å². The number of aliphatic imine (C=N–C) groups is 1. The first-order valence-corrected chi connectivity index (χ1v) is 4.14. The van der Waals surface area contributed by atoms with Gasteiger partial charge in [-0.05, 0) is 26.2 Å². The first-order chi connectivity index (χ1) is 4.57. The number of rotatable bonds is 3. The van der Waals surface area contributed by atoms with Crippen LogP contribution in [0.15, 0.2) is 4.99 Å². The van der Waals surface area contributed by atoms with E-state index in [1.807, 2.05) is 0 Å². The summed E-state index contributed by atoms with van der Waals surface area (Å²) in [6, 6.07) is 0.456. The van der Waals surface area contributed by atoms with Gasteiger partial charge in [-0.2, -0.15) is 0 Å². The molecule has 0 spiro atoms. The van der Waals surface area contributed by atoms with Crippen LogP contribution in [0.4, 0.5) is 0 Å². The Labute approximate surface area is 64.6 Å². The molecule has 0 saturated heterocycles. The quantitative estimate of drug-likeness (QED) is 0.536. The molecule has 0 aromatic carbocycles. The van der Waals surface area contributed by atoms with Crippen molar-refractivity contribution in [3.05, 3.63) is 0 Å². The molecule has 0 saturated carbocycles. The van der Waals surface area contributed by atoms with Gasteiger partial charge >= 0.3 is 0 Å². The van der Waals surface area contributed by atoms with Crippen LogP contribution in [-0.2, 0) is 0 Å². The van der Waals surface area contributed by atoms with Gasteiger partial charge in [-0.3, -0.25) is 4.99 Å². The zero-order chi connectivity index (χ0) is 8.15. The summed E-state index contributed by atoms with van der Waals surface area (Å²) in [5.74, 6) is 0.618. The first kappa shape index (κ1) is 9.67. The summed E-state index contributed by atoms with van der Waals surface area (Å²) in [5.41, 5.74) is 1.34. The van der Waals surface area contributed by atoms with E-state index >= 15 is 0 Å². The summed E-state index contributed by atoms with van der Waals surface area (Å²) in [5, 5.41) is 0. The fourth-order valence-electron chi connectivity index (χ4n) is 0.980. The van der Waals surface area contributed by atoms with E-state index in [4.69, 9.17) is 0 Å². The van der Waals surface area contributed by atoms with Gasteiger partial charge in [0.15, 0.2) is 0 Å². The van der Waals surface area contributed by atoms with Crippen LogP contribution in [0.2, 0.25) is 0 Å². The van der Waals surface area contributed by atoms with Gasteiger partial charge in [0.25, 0.3) is 0 Å². The van der Waals surface area contributed by atoms with E-state index in [-0.39, 0.29) is 0 Å². The Kier molecular flexibility index (Phi) is 4.33. The monoisotopic (exact) mass is 141 g/mol. The molecule has 1 nitrogen and oxygen atoms in total. The largest absolute Gasteiger partial charge is 0.291 e. The van der Waals surface area contributed by atoms with E-state index in [0.29, 0.717) is 12.0 Å². The van der Waals surface area contributed by atoms with Gasteiger partial charge in [0.2, 0.25) is 0 Å². The Morgan fingerprint density at radius 3 is 1.80 bits per heavy atom. The van der Waals surface area contributed by atoms with E-state index in [9.17, 15) is 0 Å². The highest BCUT2D eigenvalue weighted by Gasteiger charge is 2.01. The summed E-state index contributed by atoms with van der Waals surface area (Å²) < 4.78 is 0. The third-order valence-corrected chi connectivity index (χ3v) is 1.45. The lowest BCUT2D eigenvalue weighted by Gasteiger charge is -2.08. The molecule has 0 N–H and O–H groups in total. The minimum absolute atomic E-state index is 0.456. The zero-order valence-electron chi connectivity index (χ0n) is 7.81. The van der Waals surface area contributed by atoms with E-state index in [2.05, 4.69) is 39.6 Å². The second-order valence-electron chi connectivity index (χ2n) is 3.22. The molecule has 0 aromatic rings. The molecule has 0 amide bonds. The molecule has 0 atom stereocenters. The standard InChI is InChI=1S/C9H19N/c1-6-9(7(2)3)10-8(4)5/h7-8H,6H2,1-5H3. The molecule has 1 heteroatoms.